The van der Waals surface area contributed by atoms with Crippen molar-refractivity contribution in [3.63, 3.8) is 0 Å². The van der Waals surface area contributed by atoms with Gasteiger partial charge in [0.2, 0.25) is 5.13 Å². The SMILES string of the molecule is Cc1cccc(CSc2nnc(NC(=O)c3cc(C4CC4)on3)s2)c1. The lowest BCUT2D eigenvalue weighted by molar-refractivity contribution is 0.101. The van der Waals surface area contributed by atoms with Crippen LogP contribution in [0.15, 0.2) is 39.2 Å². The number of carbonyl (C=O) groups excluding carboxylic acids is 1. The van der Waals surface area contributed by atoms with Crippen molar-refractivity contribution >= 4 is 34.1 Å². The minimum atomic E-state index is -0.318. The lowest BCUT2D eigenvalue weighted by Gasteiger charge is -1.99. The Labute approximate surface area is 153 Å². The molecule has 25 heavy (non-hydrogen) atoms. The zero-order chi connectivity index (χ0) is 17.2. The Morgan fingerprint density at radius 3 is 3.04 bits per heavy atom. The number of aryl methyl sites for hydroxylation is 1. The zero-order valence-corrected chi connectivity index (χ0v) is 15.2. The quantitative estimate of drug-likeness (QED) is 0.514. The minimum absolute atomic E-state index is 0.283. The molecule has 0 atom stereocenters. The first-order valence-electron chi connectivity index (χ1n) is 7.97. The van der Waals surface area contributed by atoms with Gasteiger partial charge in [-0.2, -0.15) is 0 Å². The monoisotopic (exact) mass is 372 g/mol. The van der Waals surface area contributed by atoms with Gasteiger partial charge in [-0.05, 0) is 25.3 Å². The van der Waals surface area contributed by atoms with Gasteiger partial charge in [0.25, 0.3) is 5.91 Å². The van der Waals surface area contributed by atoms with Gasteiger partial charge in [0, 0.05) is 17.7 Å². The molecule has 4 rings (SSSR count). The molecule has 2 heterocycles. The number of benzene rings is 1. The molecule has 0 saturated heterocycles. The van der Waals surface area contributed by atoms with E-state index in [1.807, 2.05) is 6.07 Å². The summed E-state index contributed by atoms with van der Waals surface area (Å²) < 4.78 is 6.02. The summed E-state index contributed by atoms with van der Waals surface area (Å²) >= 11 is 2.96. The first kappa shape index (κ1) is 16.3. The Morgan fingerprint density at radius 1 is 1.36 bits per heavy atom. The van der Waals surface area contributed by atoms with Gasteiger partial charge in [0.05, 0.1) is 0 Å². The van der Waals surface area contributed by atoms with Crippen molar-refractivity contribution in [2.24, 2.45) is 0 Å². The van der Waals surface area contributed by atoms with Crippen molar-refractivity contribution in [2.75, 3.05) is 5.32 Å². The maximum Gasteiger partial charge on any atom is 0.279 e. The fourth-order valence-corrected chi connectivity index (χ4v) is 4.07. The van der Waals surface area contributed by atoms with E-state index in [2.05, 4.69) is 45.8 Å². The van der Waals surface area contributed by atoms with Crippen LogP contribution >= 0.6 is 23.1 Å². The van der Waals surface area contributed by atoms with E-state index >= 15 is 0 Å². The third kappa shape index (κ3) is 4.08. The second-order valence-corrected chi connectivity index (χ2v) is 8.19. The second-order valence-electron chi connectivity index (χ2n) is 5.99. The summed E-state index contributed by atoms with van der Waals surface area (Å²) in [5, 5.41) is 15.2. The van der Waals surface area contributed by atoms with Gasteiger partial charge in [-0.1, -0.05) is 58.1 Å². The number of hydrogen-bond donors (Lipinski definition) is 1. The second kappa shape index (κ2) is 6.97. The standard InChI is InChI=1S/C17H16N4O2S2/c1-10-3-2-4-11(7-10)9-24-17-20-19-16(25-17)18-15(22)13-8-14(23-21-13)12-5-6-12/h2-4,7-8,12H,5-6,9H2,1H3,(H,18,19,22). The summed E-state index contributed by atoms with van der Waals surface area (Å²) in [6.07, 6.45) is 2.21. The molecule has 6 nitrogen and oxygen atoms in total. The van der Waals surface area contributed by atoms with E-state index < -0.39 is 0 Å². The molecule has 1 amide bonds. The zero-order valence-electron chi connectivity index (χ0n) is 13.6. The topological polar surface area (TPSA) is 80.9 Å². The van der Waals surface area contributed by atoms with Gasteiger partial charge >= 0.3 is 0 Å². The Balaban J connectivity index is 1.34. The van der Waals surface area contributed by atoms with E-state index in [4.69, 9.17) is 4.52 Å². The Kier molecular flexibility index (Phi) is 4.54. The van der Waals surface area contributed by atoms with Crippen LogP contribution in [0.25, 0.3) is 0 Å². The fraction of sp³-hybridized carbons (Fsp3) is 0.294. The van der Waals surface area contributed by atoms with Gasteiger partial charge in [0.15, 0.2) is 10.0 Å². The molecule has 0 bridgehead atoms. The van der Waals surface area contributed by atoms with Crippen LogP contribution in [-0.2, 0) is 5.75 Å². The summed E-state index contributed by atoms with van der Waals surface area (Å²) in [5.41, 5.74) is 2.76. The highest BCUT2D eigenvalue weighted by atomic mass is 32.2. The number of anilines is 1. The molecule has 128 valence electrons. The highest BCUT2D eigenvalue weighted by Gasteiger charge is 2.29. The Morgan fingerprint density at radius 2 is 2.24 bits per heavy atom. The maximum absolute atomic E-state index is 12.2. The molecule has 3 aromatic rings. The molecule has 1 aromatic carbocycles. The first-order chi connectivity index (χ1) is 12.2. The lowest BCUT2D eigenvalue weighted by atomic mass is 10.2. The van der Waals surface area contributed by atoms with Crippen molar-refractivity contribution in [1.82, 2.24) is 15.4 Å². The fourth-order valence-electron chi connectivity index (χ4n) is 2.38. The maximum atomic E-state index is 12.2. The molecule has 1 N–H and O–H groups in total. The molecule has 1 saturated carbocycles. The molecular weight excluding hydrogens is 356 g/mol. The van der Waals surface area contributed by atoms with E-state index in [9.17, 15) is 4.79 Å². The predicted octanol–water partition coefficient (Wildman–Crippen LogP) is 4.26. The van der Waals surface area contributed by atoms with Crippen molar-refractivity contribution in [3.8, 4) is 0 Å². The third-order valence-electron chi connectivity index (χ3n) is 3.81. The third-order valence-corrected chi connectivity index (χ3v) is 5.86. The molecule has 0 spiro atoms. The molecule has 8 heteroatoms. The summed E-state index contributed by atoms with van der Waals surface area (Å²) in [4.78, 5) is 12.2. The molecule has 0 unspecified atom stereocenters. The van der Waals surface area contributed by atoms with Crippen LogP contribution < -0.4 is 5.32 Å². The van der Waals surface area contributed by atoms with Crippen LogP contribution in [-0.4, -0.2) is 21.3 Å². The summed E-state index contributed by atoms with van der Waals surface area (Å²) in [5.74, 6) is 1.72. The molecular formula is C17H16N4O2S2. The number of rotatable bonds is 6. The van der Waals surface area contributed by atoms with Crippen LogP contribution in [0.1, 0.15) is 46.1 Å². The average Bonchev–Trinajstić information content (AvgIpc) is 3.16. The number of amides is 1. The van der Waals surface area contributed by atoms with Crippen molar-refractivity contribution < 1.29 is 9.32 Å². The number of aromatic nitrogens is 3. The number of hydrogen-bond acceptors (Lipinski definition) is 7. The van der Waals surface area contributed by atoms with E-state index in [1.165, 1.54) is 22.5 Å². The highest BCUT2D eigenvalue weighted by Crippen LogP contribution is 2.40. The first-order valence-corrected chi connectivity index (χ1v) is 9.77. The largest absolute Gasteiger partial charge is 0.360 e. The molecule has 1 aliphatic rings. The van der Waals surface area contributed by atoms with Gasteiger partial charge in [-0.15, -0.1) is 10.2 Å². The van der Waals surface area contributed by atoms with E-state index in [-0.39, 0.29) is 11.6 Å². The minimum Gasteiger partial charge on any atom is -0.360 e. The van der Waals surface area contributed by atoms with Crippen LogP contribution in [0, 0.1) is 6.92 Å². The summed E-state index contributed by atoms with van der Waals surface area (Å²) in [7, 11) is 0. The van der Waals surface area contributed by atoms with Crippen LogP contribution in [0.5, 0.6) is 0 Å². The normalized spacial score (nSPS) is 13.8. The molecule has 1 fully saturated rings. The number of nitrogens with one attached hydrogen (secondary N) is 1. The van der Waals surface area contributed by atoms with Crippen LogP contribution in [0.4, 0.5) is 5.13 Å². The van der Waals surface area contributed by atoms with Crippen molar-refractivity contribution in [2.45, 2.75) is 35.8 Å². The molecule has 2 aromatic heterocycles. The van der Waals surface area contributed by atoms with Gasteiger partial charge in [-0.25, -0.2) is 0 Å². The lowest BCUT2D eigenvalue weighted by Crippen LogP contribution is -2.11. The van der Waals surface area contributed by atoms with Crippen molar-refractivity contribution in [3.05, 3.63) is 52.9 Å². The van der Waals surface area contributed by atoms with Gasteiger partial charge < -0.3 is 4.52 Å². The van der Waals surface area contributed by atoms with Crippen LogP contribution in [0.2, 0.25) is 0 Å². The summed E-state index contributed by atoms with van der Waals surface area (Å²) in [6, 6.07) is 10.1. The Hall–Kier alpha value is -2.19. The highest BCUT2D eigenvalue weighted by molar-refractivity contribution is 8.00. The van der Waals surface area contributed by atoms with Gasteiger partial charge in [-0.3, -0.25) is 10.1 Å². The smallest absolute Gasteiger partial charge is 0.279 e. The average molecular weight is 372 g/mol. The number of thioether (sulfide) groups is 1. The molecule has 1 aliphatic carbocycles. The van der Waals surface area contributed by atoms with E-state index in [0.717, 1.165) is 28.7 Å². The van der Waals surface area contributed by atoms with Gasteiger partial charge in [0.1, 0.15) is 5.76 Å². The predicted molar refractivity (Wildman–Crippen MR) is 97.1 cm³/mol. The van der Waals surface area contributed by atoms with E-state index in [1.54, 1.807) is 17.8 Å². The Bertz CT molecular complexity index is 901. The van der Waals surface area contributed by atoms with E-state index in [0.29, 0.717) is 11.0 Å². The number of carbonyl (C=O) groups is 1. The van der Waals surface area contributed by atoms with Crippen LogP contribution in [0.3, 0.4) is 0 Å². The summed E-state index contributed by atoms with van der Waals surface area (Å²) in [6.45, 7) is 2.07. The number of nitrogens with zero attached hydrogens (tertiary/aromatic N) is 3. The molecule has 0 aliphatic heterocycles. The van der Waals surface area contributed by atoms with Crippen molar-refractivity contribution in [1.29, 1.82) is 0 Å². The molecule has 0 radical (unpaired) electrons.